The van der Waals surface area contributed by atoms with Crippen molar-refractivity contribution in [3.05, 3.63) is 0 Å². The highest BCUT2D eigenvalue weighted by atomic mass is 16.3. The van der Waals surface area contributed by atoms with Gasteiger partial charge in [-0.1, -0.05) is 206 Å². The van der Waals surface area contributed by atoms with E-state index in [9.17, 15) is 5.11 Å². The minimum atomic E-state index is 0.342. The lowest BCUT2D eigenvalue weighted by Crippen LogP contribution is -2.27. The maximum atomic E-state index is 9.31. The summed E-state index contributed by atoms with van der Waals surface area (Å²) in [4.78, 5) is 2.64. The molecule has 0 radical (unpaired) electrons. The summed E-state index contributed by atoms with van der Waals surface area (Å²) in [5.74, 6) is 0. The fourth-order valence-electron chi connectivity index (χ4n) is 6.40. The Morgan fingerprint density at radius 1 is 0.268 bits per heavy atom. The first-order chi connectivity index (χ1) is 20.3. The van der Waals surface area contributed by atoms with Crippen LogP contribution in [0.4, 0.5) is 0 Å². The Morgan fingerprint density at radius 3 is 0.683 bits per heavy atom. The van der Waals surface area contributed by atoms with E-state index in [0.29, 0.717) is 6.61 Å². The molecule has 0 aliphatic heterocycles. The summed E-state index contributed by atoms with van der Waals surface area (Å²) in [6.45, 7) is 8.53. The lowest BCUT2D eigenvalue weighted by molar-refractivity contribution is 0.217. The normalized spacial score (nSPS) is 11.7. The summed E-state index contributed by atoms with van der Waals surface area (Å²) in [6, 6.07) is 0. The number of unbranched alkanes of at least 4 members (excludes halogenated alkanes) is 30. The third-order valence-corrected chi connectivity index (χ3v) is 9.29. The van der Waals surface area contributed by atoms with Crippen LogP contribution in [0.3, 0.4) is 0 Å². The number of hydrogen-bond acceptors (Lipinski definition) is 2. The quantitative estimate of drug-likeness (QED) is 0.0740. The van der Waals surface area contributed by atoms with E-state index >= 15 is 0 Å². The van der Waals surface area contributed by atoms with Crippen LogP contribution >= 0.6 is 0 Å². The third kappa shape index (κ3) is 36.0. The fourth-order valence-corrected chi connectivity index (χ4v) is 6.40. The van der Waals surface area contributed by atoms with Crippen molar-refractivity contribution in [1.29, 1.82) is 0 Å². The molecule has 0 spiro atoms. The second-order valence-corrected chi connectivity index (χ2v) is 13.5. The van der Waals surface area contributed by atoms with Crippen LogP contribution < -0.4 is 0 Å². The van der Waals surface area contributed by atoms with Crippen molar-refractivity contribution in [1.82, 2.24) is 4.90 Å². The van der Waals surface area contributed by atoms with E-state index in [0.717, 1.165) is 13.0 Å². The molecule has 0 heterocycles. The minimum Gasteiger partial charge on any atom is -0.396 e. The Morgan fingerprint density at radius 2 is 0.463 bits per heavy atom. The van der Waals surface area contributed by atoms with Crippen LogP contribution in [-0.2, 0) is 0 Å². The number of rotatable bonds is 37. The van der Waals surface area contributed by atoms with Crippen molar-refractivity contribution >= 4 is 0 Å². The molecule has 0 aliphatic carbocycles. The zero-order valence-electron chi connectivity index (χ0n) is 29.1. The van der Waals surface area contributed by atoms with E-state index < -0.39 is 0 Å². The lowest BCUT2D eigenvalue weighted by Gasteiger charge is -2.22. The van der Waals surface area contributed by atoms with Crippen LogP contribution in [0.2, 0.25) is 0 Å². The molecular formula is C39H81NO. The monoisotopic (exact) mass is 580 g/mol. The molecule has 248 valence electrons. The van der Waals surface area contributed by atoms with Crippen LogP contribution in [0.15, 0.2) is 0 Å². The number of aliphatic hydroxyl groups excluding tert-OH is 1. The number of nitrogens with zero attached hydrogens (tertiary/aromatic N) is 1. The number of aliphatic hydroxyl groups is 1. The van der Waals surface area contributed by atoms with Crippen molar-refractivity contribution in [3.63, 3.8) is 0 Å². The van der Waals surface area contributed by atoms with E-state index in [1.807, 2.05) is 0 Å². The molecule has 0 saturated carbocycles. The van der Waals surface area contributed by atoms with Gasteiger partial charge in [0.2, 0.25) is 0 Å². The molecule has 0 aromatic heterocycles. The van der Waals surface area contributed by atoms with Crippen molar-refractivity contribution in [2.45, 2.75) is 226 Å². The summed E-state index contributed by atoms with van der Waals surface area (Å²) in [5, 5.41) is 9.31. The average molecular weight is 580 g/mol. The van der Waals surface area contributed by atoms with E-state index in [2.05, 4.69) is 18.7 Å². The zero-order chi connectivity index (χ0) is 29.7. The second kappa shape index (κ2) is 37.9. The highest BCUT2D eigenvalue weighted by Gasteiger charge is 2.05. The van der Waals surface area contributed by atoms with Crippen molar-refractivity contribution in [3.8, 4) is 0 Å². The Balaban J connectivity index is 3.44. The molecule has 0 aliphatic rings. The maximum Gasteiger partial charge on any atom is 0.0443 e. The fraction of sp³-hybridized carbons (Fsp3) is 1.00. The standard InChI is InChI=1S/C39H81NO/c1-3-5-7-9-11-13-15-17-19-21-23-25-27-29-31-33-36-40(38-35-39-41)37-34-32-30-28-26-24-22-20-18-16-14-12-10-8-6-4-2/h41H,3-39H2,1-2H3. The Kier molecular flexibility index (Phi) is 37.9. The molecule has 1 N–H and O–H groups in total. The van der Waals surface area contributed by atoms with Gasteiger partial charge in [-0.05, 0) is 32.4 Å². The molecule has 0 fully saturated rings. The van der Waals surface area contributed by atoms with Gasteiger partial charge in [0.1, 0.15) is 0 Å². The zero-order valence-corrected chi connectivity index (χ0v) is 29.1. The molecule has 0 atom stereocenters. The molecule has 0 aromatic carbocycles. The van der Waals surface area contributed by atoms with Gasteiger partial charge in [-0.25, -0.2) is 0 Å². The maximum absolute atomic E-state index is 9.31. The third-order valence-electron chi connectivity index (χ3n) is 9.29. The summed E-state index contributed by atoms with van der Waals surface area (Å²) in [6.07, 6.45) is 47.0. The molecule has 0 amide bonds. The lowest BCUT2D eigenvalue weighted by atomic mass is 10.0. The first-order valence-electron chi connectivity index (χ1n) is 19.7. The molecule has 0 saturated heterocycles. The van der Waals surface area contributed by atoms with Gasteiger partial charge < -0.3 is 10.0 Å². The van der Waals surface area contributed by atoms with Crippen LogP contribution in [-0.4, -0.2) is 36.2 Å². The topological polar surface area (TPSA) is 23.5 Å². The summed E-state index contributed by atoms with van der Waals surface area (Å²) in [7, 11) is 0. The van der Waals surface area contributed by atoms with Gasteiger partial charge in [-0.15, -0.1) is 0 Å². The minimum absolute atomic E-state index is 0.342. The molecule has 0 aromatic rings. The molecule has 0 unspecified atom stereocenters. The van der Waals surface area contributed by atoms with Gasteiger partial charge in [0.05, 0.1) is 0 Å². The van der Waals surface area contributed by atoms with Crippen molar-refractivity contribution in [2.75, 3.05) is 26.2 Å². The highest BCUT2D eigenvalue weighted by Crippen LogP contribution is 2.16. The summed E-state index contributed by atoms with van der Waals surface area (Å²) < 4.78 is 0. The van der Waals surface area contributed by atoms with Gasteiger partial charge in [0.15, 0.2) is 0 Å². The Labute approximate surface area is 261 Å². The first-order valence-corrected chi connectivity index (χ1v) is 19.7. The Hall–Kier alpha value is -0.0800. The number of hydrogen-bond donors (Lipinski definition) is 1. The molecule has 41 heavy (non-hydrogen) atoms. The van der Waals surface area contributed by atoms with Gasteiger partial charge in [0.25, 0.3) is 0 Å². The predicted molar refractivity (Wildman–Crippen MR) is 187 cm³/mol. The second-order valence-electron chi connectivity index (χ2n) is 13.5. The first kappa shape index (κ1) is 40.9. The molecule has 0 rings (SSSR count). The van der Waals surface area contributed by atoms with Gasteiger partial charge in [-0.2, -0.15) is 0 Å². The van der Waals surface area contributed by atoms with Gasteiger partial charge >= 0.3 is 0 Å². The predicted octanol–water partition coefficient (Wildman–Crippen LogP) is 13.2. The summed E-state index contributed by atoms with van der Waals surface area (Å²) in [5.41, 5.74) is 0. The smallest absolute Gasteiger partial charge is 0.0443 e. The van der Waals surface area contributed by atoms with Crippen LogP contribution in [0.1, 0.15) is 226 Å². The van der Waals surface area contributed by atoms with Gasteiger partial charge in [-0.3, -0.25) is 0 Å². The largest absolute Gasteiger partial charge is 0.396 e. The molecular weight excluding hydrogens is 498 g/mol. The van der Waals surface area contributed by atoms with Gasteiger partial charge in [0, 0.05) is 13.2 Å². The average Bonchev–Trinajstić information content (AvgIpc) is 2.98. The van der Waals surface area contributed by atoms with E-state index in [4.69, 9.17) is 0 Å². The molecule has 2 nitrogen and oxygen atoms in total. The van der Waals surface area contributed by atoms with Crippen LogP contribution in [0.5, 0.6) is 0 Å². The highest BCUT2D eigenvalue weighted by molar-refractivity contribution is 4.60. The van der Waals surface area contributed by atoms with Crippen molar-refractivity contribution in [2.24, 2.45) is 0 Å². The van der Waals surface area contributed by atoms with E-state index in [1.54, 1.807) is 0 Å². The van der Waals surface area contributed by atoms with Crippen LogP contribution in [0, 0.1) is 0 Å². The molecule has 0 bridgehead atoms. The SMILES string of the molecule is CCCCCCCCCCCCCCCCCCN(CCCO)CCCCCCCCCCCCCCCCCC. The van der Waals surface area contributed by atoms with E-state index in [-0.39, 0.29) is 0 Å². The Bertz CT molecular complexity index is 403. The molecule has 2 heteroatoms. The van der Waals surface area contributed by atoms with E-state index in [1.165, 1.54) is 219 Å². The van der Waals surface area contributed by atoms with Crippen molar-refractivity contribution < 1.29 is 5.11 Å². The summed E-state index contributed by atoms with van der Waals surface area (Å²) >= 11 is 0. The van der Waals surface area contributed by atoms with Crippen LogP contribution in [0.25, 0.3) is 0 Å².